The average Bonchev–Trinajstić information content (AvgIpc) is 3.16. The number of nitrogens with zero attached hydrogens (tertiary/aromatic N) is 2. The number of amides is 3. The third-order valence-corrected chi connectivity index (χ3v) is 8.72. The highest BCUT2D eigenvalue weighted by Gasteiger charge is 2.36. The number of unbranched alkanes of at least 4 members (excludes halogenated alkanes) is 4. The lowest BCUT2D eigenvalue weighted by atomic mass is 10.0. The Morgan fingerprint density at radius 3 is 2.20 bits per heavy atom. The smallest absolute Gasteiger partial charge is 0.326 e. The quantitative estimate of drug-likeness (QED) is 0.173. The van der Waals surface area contributed by atoms with Crippen LogP contribution in [0.15, 0.2) is 53.4 Å². The van der Waals surface area contributed by atoms with E-state index in [0.29, 0.717) is 42.0 Å². The Morgan fingerprint density at radius 1 is 0.911 bits per heavy atom. The number of nitrogens with one attached hydrogen (secondary N) is 1. The van der Waals surface area contributed by atoms with E-state index < -0.39 is 29.6 Å². The summed E-state index contributed by atoms with van der Waals surface area (Å²) in [6.45, 7) is 7.44. The summed E-state index contributed by atoms with van der Waals surface area (Å²) in [5.74, 6) is -1.33. The number of fused-ring (bicyclic) bond motifs is 2. The maximum absolute atomic E-state index is 13.8. The molecule has 0 unspecified atom stereocenters. The molecule has 2 aliphatic heterocycles. The first kappa shape index (κ1) is 34.2. The summed E-state index contributed by atoms with van der Waals surface area (Å²) >= 11 is 1.50. The SMILES string of the molecule is CCOC(=O)[C@H](CCCCCCCN1C(=O)c2ccccc2C1=O)N[C@H]1CSc2ccccc2N(CC(=O)OC(C)(C)C)C1=O. The van der Waals surface area contributed by atoms with Gasteiger partial charge in [-0.25, -0.2) is 0 Å². The van der Waals surface area contributed by atoms with Gasteiger partial charge in [-0.2, -0.15) is 0 Å². The molecule has 0 fully saturated rings. The van der Waals surface area contributed by atoms with Crippen molar-refractivity contribution in [2.24, 2.45) is 0 Å². The summed E-state index contributed by atoms with van der Waals surface area (Å²) in [7, 11) is 0. The third-order valence-electron chi connectivity index (χ3n) is 7.56. The minimum atomic E-state index is -0.723. The summed E-state index contributed by atoms with van der Waals surface area (Å²) in [4.78, 5) is 68.3. The van der Waals surface area contributed by atoms with Gasteiger partial charge in [-0.3, -0.25) is 39.1 Å². The van der Waals surface area contributed by atoms with E-state index in [4.69, 9.17) is 9.47 Å². The molecule has 0 bridgehead atoms. The Balaban J connectivity index is 1.31. The number of hydrogen-bond acceptors (Lipinski definition) is 9. The van der Waals surface area contributed by atoms with Gasteiger partial charge in [0.25, 0.3) is 11.8 Å². The van der Waals surface area contributed by atoms with Crippen LogP contribution in [0.1, 0.15) is 86.9 Å². The van der Waals surface area contributed by atoms with E-state index in [1.165, 1.54) is 21.6 Å². The number of anilines is 1. The van der Waals surface area contributed by atoms with Crippen molar-refractivity contribution in [1.82, 2.24) is 10.2 Å². The third kappa shape index (κ3) is 8.94. The van der Waals surface area contributed by atoms with Gasteiger partial charge >= 0.3 is 11.9 Å². The van der Waals surface area contributed by atoms with Crippen LogP contribution in [0.5, 0.6) is 0 Å². The number of rotatable bonds is 14. The van der Waals surface area contributed by atoms with E-state index in [0.717, 1.165) is 30.6 Å². The number of thioether (sulfide) groups is 1. The maximum Gasteiger partial charge on any atom is 0.326 e. The van der Waals surface area contributed by atoms with Crippen LogP contribution >= 0.6 is 11.8 Å². The second-order valence-electron chi connectivity index (χ2n) is 12.2. The van der Waals surface area contributed by atoms with Crippen LogP contribution in [-0.2, 0) is 23.9 Å². The number of benzene rings is 2. The zero-order chi connectivity index (χ0) is 32.6. The Bertz CT molecular complexity index is 1370. The number of para-hydroxylation sites is 1. The molecule has 0 aromatic heterocycles. The van der Waals surface area contributed by atoms with Crippen LogP contribution in [0, 0.1) is 0 Å². The molecule has 2 heterocycles. The van der Waals surface area contributed by atoms with Gasteiger partial charge in [-0.05, 0) is 64.8 Å². The van der Waals surface area contributed by atoms with Crippen molar-refractivity contribution in [1.29, 1.82) is 0 Å². The molecule has 242 valence electrons. The number of esters is 2. The molecular formula is C34H43N3O7S. The molecule has 4 rings (SSSR count). The van der Waals surface area contributed by atoms with Gasteiger partial charge in [0.05, 0.1) is 29.5 Å². The summed E-state index contributed by atoms with van der Waals surface area (Å²) < 4.78 is 10.9. The van der Waals surface area contributed by atoms with Crippen LogP contribution in [0.4, 0.5) is 5.69 Å². The zero-order valence-corrected chi connectivity index (χ0v) is 27.3. The molecule has 3 amide bonds. The number of imide groups is 1. The number of ether oxygens (including phenoxy) is 2. The molecular weight excluding hydrogens is 594 g/mol. The molecule has 2 aromatic carbocycles. The summed E-state index contributed by atoms with van der Waals surface area (Å²) in [6, 6.07) is 12.9. The predicted molar refractivity (Wildman–Crippen MR) is 172 cm³/mol. The molecule has 0 radical (unpaired) electrons. The standard InChI is InChI=1S/C34H43N3O7S/c1-5-43-33(42)25(17-9-7-6-8-14-20-36-30(39)23-15-10-11-16-24(23)31(36)40)35-26-22-45-28-19-13-12-18-27(28)37(32(26)41)21-29(38)44-34(2,3)4/h10-13,15-16,18-19,25-26,35H,5-9,14,17,20-22H2,1-4H3/t25-,26-/m0/s1. The fraction of sp³-hybridized carbons (Fsp3) is 0.500. The van der Waals surface area contributed by atoms with Crippen LogP contribution in [0.25, 0.3) is 0 Å². The van der Waals surface area contributed by atoms with Crippen molar-refractivity contribution in [3.8, 4) is 0 Å². The molecule has 0 aliphatic carbocycles. The fourth-order valence-corrected chi connectivity index (χ4v) is 6.57. The minimum Gasteiger partial charge on any atom is -0.465 e. The van der Waals surface area contributed by atoms with Gasteiger partial charge in [0.15, 0.2) is 0 Å². The lowest BCUT2D eigenvalue weighted by Gasteiger charge is -2.28. The van der Waals surface area contributed by atoms with E-state index in [1.54, 1.807) is 52.0 Å². The zero-order valence-electron chi connectivity index (χ0n) is 26.5. The molecule has 0 saturated carbocycles. The number of carbonyl (C=O) groups excluding carboxylic acids is 5. The first-order valence-electron chi connectivity index (χ1n) is 15.6. The summed E-state index contributed by atoms with van der Waals surface area (Å²) in [5.41, 5.74) is 0.864. The largest absolute Gasteiger partial charge is 0.465 e. The first-order valence-corrected chi connectivity index (χ1v) is 16.6. The Labute approximate surface area is 269 Å². The molecule has 45 heavy (non-hydrogen) atoms. The molecule has 11 heteroatoms. The normalized spacial score (nSPS) is 17.1. The van der Waals surface area contributed by atoms with Gasteiger partial charge in [0.2, 0.25) is 5.91 Å². The number of carbonyl (C=O) groups is 5. The van der Waals surface area contributed by atoms with Crippen LogP contribution < -0.4 is 10.2 Å². The van der Waals surface area contributed by atoms with E-state index >= 15 is 0 Å². The van der Waals surface area contributed by atoms with Crippen LogP contribution in [0.2, 0.25) is 0 Å². The van der Waals surface area contributed by atoms with Crippen molar-refractivity contribution in [2.45, 2.75) is 88.8 Å². The Morgan fingerprint density at radius 2 is 1.53 bits per heavy atom. The number of hydrogen-bond donors (Lipinski definition) is 1. The molecule has 2 aliphatic rings. The molecule has 10 nitrogen and oxygen atoms in total. The predicted octanol–water partition coefficient (Wildman–Crippen LogP) is 4.99. The average molecular weight is 638 g/mol. The van der Waals surface area contributed by atoms with Gasteiger partial charge < -0.3 is 9.47 Å². The van der Waals surface area contributed by atoms with E-state index in [2.05, 4.69) is 5.32 Å². The topological polar surface area (TPSA) is 122 Å². The highest BCUT2D eigenvalue weighted by molar-refractivity contribution is 7.99. The lowest BCUT2D eigenvalue weighted by molar-refractivity contribution is -0.154. The van der Waals surface area contributed by atoms with Crippen molar-refractivity contribution < 1.29 is 33.4 Å². The Hall–Kier alpha value is -3.70. The van der Waals surface area contributed by atoms with Crippen molar-refractivity contribution in [3.05, 3.63) is 59.7 Å². The van der Waals surface area contributed by atoms with Gasteiger partial charge in [-0.1, -0.05) is 49.9 Å². The highest BCUT2D eigenvalue weighted by Crippen LogP contribution is 2.34. The van der Waals surface area contributed by atoms with Crippen LogP contribution in [-0.4, -0.2) is 77.7 Å². The molecule has 1 N–H and O–H groups in total. The molecule has 2 atom stereocenters. The van der Waals surface area contributed by atoms with Gasteiger partial charge in [0.1, 0.15) is 18.2 Å². The van der Waals surface area contributed by atoms with Crippen molar-refractivity contribution >= 4 is 47.1 Å². The lowest BCUT2D eigenvalue weighted by Crippen LogP contribution is -2.54. The van der Waals surface area contributed by atoms with E-state index in [1.807, 2.05) is 24.3 Å². The van der Waals surface area contributed by atoms with Crippen molar-refractivity contribution in [3.63, 3.8) is 0 Å². The second kappa shape index (κ2) is 15.5. The second-order valence-corrected chi connectivity index (χ2v) is 13.2. The van der Waals surface area contributed by atoms with Gasteiger partial charge in [0, 0.05) is 17.2 Å². The summed E-state index contributed by atoms with van der Waals surface area (Å²) in [6.07, 6.45) is 4.44. The Kier molecular flexibility index (Phi) is 11.8. The van der Waals surface area contributed by atoms with Crippen molar-refractivity contribution in [2.75, 3.05) is 30.3 Å². The van der Waals surface area contributed by atoms with Crippen LogP contribution in [0.3, 0.4) is 0 Å². The molecule has 0 saturated heterocycles. The minimum absolute atomic E-state index is 0.221. The van der Waals surface area contributed by atoms with E-state index in [-0.39, 0.29) is 30.9 Å². The van der Waals surface area contributed by atoms with E-state index in [9.17, 15) is 24.0 Å². The highest BCUT2D eigenvalue weighted by atomic mass is 32.2. The van der Waals surface area contributed by atoms with Gasteiger partial charge in [-0.15, -0.1) is 11.8 Å². The monoisotopic (exact) mass is 637 g/mol. The molecule has 0 spiro atoms. The summed E-state index contributed by atoms with van der Waals surface area (Å²) in [5, 5.41) is 3.25. The first-order chi connectivity index (χ1) is 21.5. The fourth-order valence-electron chi connectivity index (χ4n) is 5.48. The molecule has 2 aromatic rings. The maximum atomic E-state index is 13.8.